The van der Waals surface area contributed by atoms with Crippen molar-refractivity contribution in [1.29, 1.82) is 0 Å². The summed E-state index contributed by atoms with van der Waals surface area (Å²) in [5.74, 6) is 0.990. The Bertz CT molecular complexity index is 401. The topological polar surface area (TPSA) is 18.5 Å². The average Bonchev–Trinajstić information content (AvgIpc) is 2.48. The summed E-state index contributed by atoms with van der Waals surface area (Å²) in [6.07, 6.45) is 7.84. The molecule has 0 aliphatic rings. The first kappa shape index (κ1) is 20.0. The molecule has 0 aromatic heterocycles. The lowest BCUT2D eigenvalue weighted by Crippen LogP contribution is -2.10. The van der Waals surface area contributed by atoms with Crippen molar-refractivity contribution in [2.24, 2.45) is 0 Å². The summed E-state index contributed by atoms with van der Waals surface area (Å²) in [5.41, 5.74) is 1.56. The second-order valence-corrected chi connectivity index (χ2v) is 7.66. The molecule has 1 aromatic carbocycles. The van der Waals surface area contributed by atoms with Crippen LogP contribution in [0.4, 0.5) is 0 Å². The molecule has 0 amide bonds. The second-order valence-electron chi connectivity index (χ2n) is 7.66. The maximum Gasteiger partial charge on any atom is 0.119 e. The van der Waals surface area contributed by atoms with Gasteiger partial charge in [-0.05, 0) is 49.8 Å². The minimum absolute atomic E-state index is 0.207. The highest BCUT2D eigenvalue weighted by Crippen LogP contribution is 2.24. The Labute approximate surface area is 143 Å². The summed E-state index contributed by atoms with van der Waals surface area (Å²) in [5, 5.41) is 0. The fourth-order valence-electron chi connectivity index (χ4n) is 2.47. The maximum atomic E-state index is 5.83. The van der Waals surface area contributed by atoms with E-state index in [2.05, 4.69) is 58.9 Å². The fraction of sp³-hybridized carbons (Fsp3) is 0.714. The van der Waals surface area contributed by atoms with E-state index in [-0.39, 0.29) is 5.41 Å². The molecular formula is C21H36O2. The van der Waals surface area contributed by atoms with Gasteiger partial charge in [0.25, 0.3) is 0 Å². The van der Waals surface area contributed by atoms with E-state index in [0.717, 1.165) is 25.4 Å². The fourth-order valence-corrected chi connectivity index (χ4v) is 2.47. The molecule has 0 fully saturated rings. The predicted octanol–water partition coefficient (Wildman–Crippen LogP) is 6.13. The molecule has 0 saturated carbocycles. The van der Waals surface area contributed by atoms with Crippen molar-refractivity contribution in [3.05, 3.63) is 29.8 Å². The van der Waals surface area contributed by atoms with E-state index in [1.54, 1.807) is 0 Å². The van der Waals surface area contributed by atoms with Gasteiger partial charge in [-0.3, -0.25) is 0 Å². The lowest BCUT2D eigenvalue weighted by atomic mass is 9.87. The molecule has 0 N–H and O–H groups in total. The van der Waals surface area contributed by atoms with Gasteiger partial charge in [-0.15, -0.1) is 0 Å². The van der Waals surface area contributed by atoms with Crippen LogP contribution in [0.25, 0.3) is 0 Å². The number of unbranched alkanes of at least 4 members (excludes halogenated alkanes) is 5. The van der Waals surface area contributed by atoms with Crippen molar-refractivity contribution in [2.75, 3.05) is 13.2 Å². The molecule has 0 spiro atoms. The molecule has 23 heavy (non-hydrogen) atoms. The Hall–Kier alpha value is -1.02. The SMILES string of the molecule is CC(C)OCCCCCCCCOc1ccc(C(C)(C)C)cc1. The van der Waals surface area contributed by atoms with Gasteiger partial charge in [0.15, 0.2) is 0 Å². The largest absolute Gasteiger partial charge is 0.494 e. The molecule has 0 bridgehead atoms. The molecule has 0 heterocycles. The van der Waals surface area contributed by atoms with Crippen LogP contribution in [0.5, 0.6) is 5.75 Å². The van der Waals surface area contributed by atoms with E-state index >= 15 is 0 Å². The third kappa shape index (κ3) is 9.65. The van der Waals surface area contributed by atoms with E-state index in [9.17, 15) is 0 Å². The van der Waals surface area contributed by atoms with Gasteiger partial charge >= 0.3 is 0 Å². The standard InChI is InChI=1S/C21H36O2/c1-18(2)22-16-10-8-6-7-9-11-17-23-20-14-12-19(13-15-20)21(3,4)5/h12-15,18H,6-11,16-17H2,1-5H3. The van der Waals surface area contributed by atoms with Crippen molar-refractivity contribution in [3.63, 3.8) is 0 Å². The van der Waals surface area contributed by atoms with Crippen LogP contribution in [0, 0.1) is 0 Å². The zero-order valence-corrected chi connectivity index (χ0v) is 15.9. The molecule has 0 aliphatic carbocycles. The summed E-state index contributed by atoms with van der Waals surface area (Å²) in [6.45, 7) is 12.6. The molecule has 132 valence electrons. The lowest BCUT2D eigenvalue weighted by Gasteiger charge is -2.19. The summed E-state index contributed by atoms with van der Waals surface area (Å²) in [4.78, 5) is 0. The van der Waals surface area contributed by atoms with E-state index in [1.807, 2.05) is 0 Å². The second kappa shape index (κ2) is 10.7. The van der Waals surface area contributed by atoms with Gasteiger partial charge in [0, 0.05) is 6.61 Å². The van der Waals surface area contributed by atoms with Crippen molar-refractivity contribution in [1.82, 2.24) is 0 Å². The number of rotatable bonds is 11. The van der Waals surface area contributed by atoms with Crippen LogP contribution in [0.1, 0.15) is 78.7 Å². The smallest absolute Gasteiger partial charge is 0.119 e. The summed E-state index contributed by atoms with van der Waals surface area (Å²) in [7, 11) is 0. The highest BCUT2D eigenvalue weighted by molar-refractivity contribution is 5.31. The Morgan fingerprint density at radius 2 is 1.30 bits per heavy atom. The van der Waals surface area contributed by atoms with Gasteiger partial charge < -0.3 is 9.47 Å². The van der Waals surface area contributed by atoms with Crippen molar-refractivity contribution in [3.8, 4) is 5.75 Å². The van der Waals surface area contributed by atoms with Gasteiger partial charge in [-0.2, -0.15) is 0 Å². The van der Waals surface area contributed by atoms with Crippen LogP contribution in [-0.4, -0.2) is 19.3 Å². The Kier molecular flexibility index (Phi) is 9.31. The number of hydrogen-bond acceptors (Lipinski definition) is 2. The molecule has 1 aromatic rings. The number of hydrogen-bond donors (Lipinski definition) is 0. The molecule has 0 radical (unpaired) electrons. The highest BCUT2D eigenvalue weighted by Gasteiger charge is 2.12. The molecule has 2 nitrogen and oxygen atoms in total. The zero-order valence-electron chi connectivity index (χ0n) is 15.9. The quantitative estimate of drug-likeness (QED) is 0.457. The average molecular weight is 321 g/mol. The van der Waals surface area contributed by atoms with Crippen LogP contribution in [0.15, 0.2) is 24.3 Å². The van der Waals surface area contributed by atoms with Gasteiger partial charge in [-0.25, -0.2) is 0 Å². The first-order valence-corrected chi connectivity index (χ1v) is 9.24. The van der Waals surface area contributed by atoms with Crippen molar-refractivity contribution in [2.45, 2.75) is 84.7 Å². The van der Waals surface area contributed by atoms with Crippen LogP contribution in [-0.2, 0) is 10.2 Å². The Morgan fingerprint density at radius 3 is 1.83 bits per heavy atom. The molecular weight excluding hydrogens is 284 g/mol. The summed E-state index contributed by atoms with van der Waals surface area (Å²) in [6, 6.07) is 8.54. The van der Waals surface area contributed by atoms with Crippen LogP contribution in [0.3, 0.4) is 0 Å². The molecule has 1 rings (SSSR count). The lowest BCUT2D eigenvalue weighted by molar-refractivity contribution is 0.0756. The Balaban J connectivity index is 2.01. The number of benzene rings is 1. The summed E-state index contributed by atoms with van der Waals surface area (Å²) < 4.78 is 11.4. The zero-order chi connectivity index (χ0) is 17.1. The molecule has 0 unspecified atom stereocenters. The Morgan fingerprint density at radius 1 is 0.783 bits per heavy atom. The van der Waals surface area contributed by atoms with E-state index in [1.165, 1.54) is 37.7 Å². The maximum absolute atomic E-state index is 5.83. The number of ether oxygens (including phenoxy) is 2. The van der Waals surface area contributed by atoms with Gasteiger partial charge in [0.2, 0.25) is 0 Å². The van der Waals surface area contributed by atoms with Crippen molar-refractivity contribution >= 4 is 0 Å². The van der Waals surface area contributed by atoms with Crippen LogP contribution < -0.4 is 4.74 Å². The van der Waals surface area contributed by atoms with E-state index < -0.39 is 0 Å². The van der Waals surface area contributed by atoms with Gasteiger partial charge in [0.05, 0.1) is 12.7 Å². The third-order valence-corrected chi connectivity index (χ3v) is 3.98. The minimum atomic E-state index is 0.207. The third-order valence-electron chi connectivity index (χ3n) is 3.98. The summed E-state index contributed by atoms with van der Waals surface area (Å²) >= 11 is 0. The molecule has 0 atom stereocenters. The first-order valence-electron chi connectivity index (χ1n) is 9.24. The van der Waals surface area contributed by atoms with Gasteiger partial charge in [0.1, 0.15) is 5.75 Å². The van der Waals surface area contributed by atoms with Crippen molar-refractivity contribution < 1.29 is 9.47 Å². The predicted molar refractivity (Wildman–Crippen MR) is 99.4 cm³/mol. The molecule has 0 saturated heterocycles. The van der Waals surface area contributed by atoms with Crippen LogP contribution >= 0.6 is 0 Å². The normalized spacial score (nSPS) is 11.9. The molecule has 2 heteroatoms. The monoisotopic (exact) mass is 320 g/mol. The highest BCUT2D eigenvalue weighted by atomic mass is 16.5. The first-order chi connectivity index (χ1) is 10.9. The van der Waals surface area contributed by atoms with E-state index in [4.69, 9.17) is 9.47 Å². The van der Waals surface area contributed by atoms with Gasteiger partial charge in [-0.1, -0.05) is 58.6 Å². The van der Waals surface area contributed by atoms with Crippen LogP contribution in [0.2, 0.25) is 0 Å². The molecule has 0 aliphatic heterocycles. The van der Waals surface area contributed by atoms with E-state index in [0.29, 0.717) is 6.10 Å². The minimum Gasteiger partial charge on any atom is -0.494 e.